The number of ether oxygens (including phenoxy) is 2. The number of carbonyl (C=O) groups excluding carboxylic acids is 2. The first kappa shape index (κ1) is 28.1. The minimum atomic E-state index is -0.810. The normalized spacial score (nSPS) is 12.8. The van der Waals surface area contributed by atoms with Crippen molar-refractivity contribution in [2.75, 3.05) is 7.11 Å². The smallest absolute Gasteiger partial charge is 0.309 e. The van der Waals surface area contributed by atoms with E-state index in [4.69, 9.17) is 55.9 Å². The topological polar surface area (TPSA) is 85.7 Å². The van der Waals surface area contributed by atoms with Gasteiger partial charge in [0.25, 0.3) is 0 Å². The highest BCUT2D eigenvalue weighted by Crippen LogP contribution is 2.37. The lowest BCUT2D eigenvalue weighted by Gasteiger charge is -2.27. The van der Waals surface area contributed by atoms with E-state index in [1.165, 1.54) is 19.4 Å². The summed E-state index contributed by atoms with van der Waals surface area (Å²) in [6.07, 6.45) is 0.451. The van der Waals surface area contributed by atoms with Crippen LogP contribution in [0.4, 0.5) is 0 Å². The summed E-state index contributed by atoms with van der Waals surface area (Å²) < 4.78 is 10.8. The first-order valence-corrected chi connectivity index (χ1v) is 12.4. The van der Waals surface area contributed by atoms with Crippen LogP contribution in [0.2, 0.25) is 20.1 Å². The van der Waals surface area contributed by atoms with Gasteiger partial charge < -0.3 is 14.6 Å². The van der Waals surface area contributed by atoms with Crippen LogP contribution >= 0.6 is 46.4 Å². The van der Waals surface area contributed by atoms with Gasteiger partial charge in [-0.1, -0.05) is 65.5 Å². The first-order chi connectivity index (χ1) is 17.0. The summed E-state index contributed by atoms with van der Waals surface area (Å²) in [4.78, 5) is 29.6. The van der Waals surface area contributed by atoms with Crippen LogP contribution in [0, 0.1) is 5.92 Å². The summed E-state index contributed by atoms with van der Waals surface area (Å²) in [5.74, 6) is -2.64. The highest BCUT2D eigenvalue weighted by molar-refractivity contribution is 6.42. The number of esters is 1. The van der Waals surface area contributed by atoms with Crippen molar-refractivity contribution in [3.63, 3.8) is 0 Å². The van der Waals surface area contributed by atoms with Gasteiger partial charge in [0.05, 0.1) is 33.1 Å². The zero-order chi connectivity index (χ0) is 26.6. The zero-order valence-electron chi connectivity index (χ0n) is 19.6. The highest BCUT2D eigenvalue weighted by Gasteiger charge is 2.29. The van der Waals surface area contributed by atoms with Crippen molar-refractivity contribution in [1.29, 1.82) is 0 Å². The summed E-state index contributed by atoms with van der Waals surface area (Å²) in [6.45, 7) is 3.30. The van der Waals surface area contributed by atoms with E-state index in [0.29, 0.717) is 20.1 Å². The molecule has 0 aliphatic rings. The van der Waals surface area contributed by atoms with E-state index in [1.807, 2.05) is 0 Å². The molecule has 6 nitrogen and oxygen atoms in total. The predicted molar refractivity (Wildman–Crippen MR) is 141 cm³/mol. The quantitative estimate of drug-likeness (QED) is 0.213. The third-order valence-corrected chi connectivity index (χ3v) is 7.12. The van der Waals surface area contributed by atoms with E-state index in [9.17, 15) is 14.7 Å². The molecular formula is C26H23Cl4NO5. The van der Waals surface area contributed by atoms with Crippen molar-refractivity contribution < 1.29 is 24.2 Å². The second kappa shape index (κ2) is 12.2. The summed E-state index contributed by atoms with van der Waals surface area (Å²) in [7, 11) is 1.36. The van der Waals surface area contributed by atoms with Gasteiger partial charge >= 0.3 is 5.97 Å². The zero-order valence-corrected chi connectivity index (χ0v) is 22.6. The number of hydrogen-bond acceptors (Lipinski definition) is 6. The lowest BCUT2D eigenvalue weighted by Crippen LogP contribution is -2.28. The van der Waals surface area contributed by atoms with E-state index in [0.717, 1.165) is 11.1 Å². The lowest BCUT2D eigenvalue weighted by atomic mass is 9.87. The average molecular weight is 571 g/mol. The molecular weight excluding hydrogens is 548 g/mol. The average Bonchev–Trinajstić information content (AvgIpc) is 2.83. The Morgan fingerprint density at radius 1 is 0.917 bits per heavy atom. The van der Waals surface area contributed by atoms with Crippen molar-refractivity contribution in [3.8, 4) is 11.5 Å². The Morgan fingerprint density at radius 3 is 1.97 bits per heavy atom. The van der Waals surface area contributed by atoms with Crippen LogP contribution in [0.3, 0.4) is 0 Å². The molecule has 3 aromatic rings. The molecule has 0 saturated heterocycles. The molecule has 1 N–H and O–H groups in total. The van der Waals surface area contributed by atoms with Crippen LogP contribution < -0.4 is 4.74 Å². The molecule has 0 fully saturated rings. The number of nitrogens with zero attached hydrogens (tertiary/aromatic N) is 1. The monoisotopic (exact) mass is 569 g/mol. The second-order valence-corrected chi connectivity index (χ2v) is 9.83. The van der Waals surface area contributed by atoms with Crippen LogP contribution in [-0.2, 0) is 9.53 Å². The number of methoxy groups -OCH3 is 1. The van der Waals surface area contributed by atoms with Crippen LogP contribution in [-0.4, -0.2) is 35.1 Å². The molecule has 0 unspecified atom stereocenters. The fourth-order valence-corrected chi connectivity index (χ4v) is 4.39. The third-order valence-electron chi connectivity index (χ3n) is 5.64. The maximum absolute atomic E-state index is 13.0. The fraction of sp³-hybridized carbons (Fsp3) is 0.269. The minimum absolute atomic E-state index is 0.114. The number of aromatic nitrogens is 1. The molecule has 10 heteroatoms. The Bertz CT molecular complexity index is 1230. The van der Waals surface area contributed by atoms with Crippen LogP contribution in [0.25, 0.3) is 0 Å². The summed E-state index contributed by atoms with van der Waals surface area (Å²) in [5.41, 5.74) is 1.32. The molecule has 0 aliphatic heterocycles. The summed E-state index contributed by atoms with van der Waals surface area (Å²) in [5, 5.41) is 11.7. The van der Waals surface area contributed by atoms with Gasteiger partial charge in [-0.3, -0.25) is 9.59 Å². The molecule has 190 valence electrons. The number of aromatic hydroxyl groups is 1. The second-order valence-electron chi connectivity index (χ2n) is 8.21. The summed E-state index contributed by atoms with van der Waals surface area (Å²) in [6, 6.07) is 11.7. The van der Waals surface area contributed by atoms with E-state index >= 15 is 0 Å². The Kier molecular flexibility index (Phi) is 9.47. The maximum Gasteiger partial charge on any atom is 0.309 e. The van der Waals surface area contributed by atoms with Gasteiger partial charge in [-0.15, -0.1) is 0 Å². The van der Waals surface area contributed by atoms with Gasteiger partial charge in [0.2, 0.25) is 0 Å². The molecule has 2 aromatic carbocycles. The first-order valence-electron chi connectivity index (χ1n) is 10.9. The number of carbonyl (C=O) groups is 2. The number of hydrogen-bond donors (Lipinski definition) is 1. The van der Waals surface area contributed by atoms with Crippen molar-refractivity contribution in [2.45, 2.75) is 32.3 Å². The van der Waals surface area contributed by atoms with Crippen molar-refractivity contribution in [3.05, 3.63) is 85.6 Å². The van der Waals surface area contributed by atoms with Crippen LogP contribution in [0.5, 0.6) is 11.5 Å². The third kappa shape index (κ3) is 6.43. The summed E-state index contributed by atoms with van der Waals surface area (Å²) >= 11 is 24.7. The van der Waals surface area contributed by atoms with Gasteiger partial charge in [-0.05, 0) is 42.3 Å². The molecule has 0 saturated carbocycles. The fourth-order valence-electron chi connectivity index (χ4n) is 3.78. The van der Waals surface area contributed by atoms with Gasteiger partial charge in [0, 0.05) is 24.6 Å². The molecule has 0 amide bonds. The SMILES string of the molecule is COc1ccnc(C(=O)C[C@@H](C)C(=O)O[C@@H](C)C(c2ccc(Cl)c(Cl)c2)c2ccc(Cl)c(Cl)c2)c1O. The number of rotatable bonds is 9. The molecule has 1 heterocycles. The highest BCUT2D eigenvalue weighted by atomic mass is 35.5. The Hall–Kier alpha value is -2.51. The maximum atomic E-state index is 13.0. The molecule has 36 heavy (non-hydrogen) atoms. The predicted octanol–water partition coefficient (Wildman–Crippen LogP) is 7.38. The van der Waals surface area contributed by atoms with Crippen molar-refractivity contribution >= 4 is 58.2 Å². The minimum Gasteiger partial charge on any atom is -0.503 e. The number of pyridine rings is 1. The van der Waals surface area contributed by atoms with Gasteiger partial charge in [-0.2, -0.15) is 0 Å². The van der Waals surface area contributed by atoms with Crippen LogP contribution in [0.1, 0.15) is 47.8 Å². The number of halogens is 4. The Labute approximate surface area is 229 Å². The Morgan fingerprint density at radius 2 is 1.47 bits per heavy atom. The lowest BCUT2D eigenvalue weighted by molar-refractivity contribution is -0.153. The molecule has 1 aromatic heterocycles. The molecule has 0 aliphatic carbocycles. The van der Waals surface area contributed by atoms with Crippen molar-refractivity contribution in [2.24, 2.45) is 5.92 Å². The van der Waals surface area contributed by atoms with E-state index in [2.05, 4.69) is 4.98 Å². The van der Waals surface area contributed by atoms with E-state index < -0.39 is 29.7 Å². The standard InChI is InChI=1S/C26H23Cl4NO5/c1-13(10-21(32)24-25(33)22(35-3)8-9-31-24)26(34)36-14(2)23(15-4-6-17(27)19(29)11-15)16-5-7-18(28)20(30)12-16/h4-9,11-14,23,33H,10H2,1-3H3/t13-,14+/m1/s1. The van der Waals surface area contributed by atoms with E-state index in [1.54, 1.807) is 50.2 Å². The van der Waals surface area contributed by atoms with Gasteiger partial charge in [0.1, 0.15) is 6.10 Å². The number of benzene rings is 2. The van der Waals surface area contributed by atoms with Crippen molar-refractivity contribution in [1.82, 2.24) is 4.98 Å². The Balaban J connectivity index is 1.82. The number of Topliss-reactive ketones (excluding diaryl/α,β-unsaturated/α-hetero) is 1. The van der Waals surface area contributed by atoms with Gasteiger partial charge in [-0.25, -0.2) is 4.98 Å². The van der Waals surface area contributed by atoms with Crippen LogP contribution in [0.15, 0.2) is 48.7 Å². The molecule has 0 radical (unpaired) electrons. The largest absolute Gasteiger partial charge is 0.503 e. The molecule has 0 bridgehead atoms. The van der Waals surface area contributed by atoms with E-state index in [-0.39, 0.29) is 23.6 Å². The molecule has 3 rings (SSSR count). The number of ketones is 1. The van der Waals surface area contributed by atoms with Gasteiger partial charge in [0.15, 0.2) is 23.0 Å². The molecule has 2 atom stereocenters. The molecule has 0 spiro atoms.